The molecule has 0 aliphatic heterocycles. The topological polar surface area (TPSA) is 81.1 Å². The third kappa shape index (κ3) is 6.12. The zero-order valence-corrected chi connectivity index (χ0v) is 14.4. The zero-order valence-electron chi connectivity index (χ0n) is 12.7. The Morgan fingerprint density at radius 2 is 1.67 bits per heavy atom. The van der Waals surface area contributed by atoms with Crippen molar-refractivity contribution in [3.8, 4) is 0 Å². The highest BCUT2D eigenvalue weighted by Gasteiger charge is 2.32. The van der Waals surface area contributed by atoms with Crippen LogP contribution in [0.5, 0.6) is 0 Å². The van der Waals surface area contributed by atoms with Gasteiger partial charge in [-0.15, -0.1) is 24.8 Å². The van der Waals surface area contributed by atoms with E-state index in [0.717, 1.165) is 24.9 Å². The van der Waals surface area contributed by atoms with Gasteiger partial charge in [0, 0.05) is 18.8 Å². The first kappa shape index (κ1) is 22.3. The maximum absolute atomic E-state index is 12.2. The summed E-state index contributed by atoms with van der Waals surface area (Å²) in [6.07, 6.45) is 2.35. The first-order valence-electron chi connectivity index (χ1n) is 6.90. The first-order valence-corrected chi connectivity index (χ1v) is 6.90. The number of halogens is 2. The average Bonchev–Trinajstić information content (AvgIpc) is 2.44. The number of carbonyl (C=O) groups is 1. The Morgan fingerprint density at radius 1 is 1.14 bits per heavy atom. The number of nitrogens with one attached hydrogen (secondary N) is 1. The van der Waals surface area contributed by atoms with Crippen molar-refractivity contribution in [1.82, 2.24) is 5.32 Å². The highest BCUT2D eigenvalue weighted by atomic mass is 35.5. The predicted octanol–water partition coefficient (Wildman–Crippen LogP) is 2.54. The minimum Gasteiger partial charge on any atom is -0.399 e. The van der Waals surface area contributed by atoms with Gasteiger partial charge in [0.15, 0.2) is 0 Å². The van der Waals surface area contributed by atoms with Gasteiger partial charge in [-0.3, -0.25) is 4.79 Å². The van der Waals surface area contributed by atoms with Crippen LogP contribution in [-0.2, 0) is 11.2 Å². The van der Waals surface area contributed by atoms with Gasteiger partial charge >= 0.3 is 0 Å². The van der Waals surface area contributed by atoms with Crippen LogP contribution in [0.2, 0.25) is 0 Å². The van der Waals surface area contributed by atoms with E-state index in [1.807, 2.05) is 38.1 Å². The van der Waals surface area contributed by atoms with Crippen LogP contribution in [0.1, 0.15) is 32.3 Å². The summed E-state index contributed by atoms with van der Waals surface area (Å²) in [6, 6.07) is 7.72. The molecule has 5 N–H and O–H groups in total. The van der Waals surface area contributed by atoms with Gasteiger partial charge in [0.1, 0.15) is 0 Å². The molecule has 0 heterocycles. The third-order valence-corrected chi connectivity index (χ3v) is 3.90. The normalized spacial score (nSPS) is 10.2. The van der Waals surface area contributed by atoms with E-state index in [4.69, 9.17) is 11.5 Å². The second-order valence-corrected chi connectivity index (χ2v) is 4.94. The van der Waals surface area contributed by atoms with Crippen molar-refractivity contribution in [3.63, 3.8) is 0 Å². The molecule has 0 saturated heterocycles. The van der Waals surface area contributed by atoms with E-state index < -0.39 is 5.41 Å². The number of nitrogen functional groups attached to an aromatic ring is 1. The van der Waals surface area contributed by atoms with Crippen LogP contribution < -0.4 is 16.8 Å². The minimum atomic E-state index is -0.416. The zero-order chi connectivity index (χ0) is 14.3. The van der Waals surface area contributed by atoms with E-state index >= 15 is 0 Å². The van der Waals surface area contributed by atoms with Gasteiger partial charge in [-0.05, 0) is 37.0 Å². The van der Waals surface area contributed by atoms with Gasteiger partial charge in [0.05, 0.1) is 5.41 Å². The summed E-state index contributed by atoms with van der Waals surface area (Å²) in [7, 11) is 0. The number of benzene rings is 1. The SMILES string of the molecule is CCC(CC)(CN)C(=O)NCCc1ccc(N)cc1.Cl.Cl. The number of hydrogen-bond donors (Lipinski definition) is 3. The van der Waals surface area contributed by atoms with Crippen molar-refractivity contribution >= 4 is 36.4 Å². The molecule has 0 spiro atoms. The Hall–Kier alpha value is -0.970. The molecule has 0 radical (unpaired) electrons. The van der Waals surface area contributed by atoms with Gasteiger partial charge in [-0.2, -0.15) is 0 Å². The highest BCUT2D eigenvalue weighted by molar-refractivity contribution is 5.85. The van der Waals surface area contributed by atoms with E-state index in [-0.39, 0.29) is 30.7 Å². The largest absolute Gasteiger partial charge is 0.399 e. The third-order valence-electron chi connectivity index (χ3n) is 3.90. The lowest BCUT2D eigenvalue weighted by Gasteiger charge is -2.28. The number of rotatable bonds is 7. The fourth-order valence-electron chi connectivity index (χ4n) is 2.14. The second kappa shape index (κ2) is 10.7. The lowest BCUT2D eigenvalue weighted by molar-refractivity contribution is -0.131. The molecule has 0 aliphatic carbocycles. The summed E-state index contributed by atoms with van der Waals surface area (Å²) in [4.78, 5) is 12.2. The van der Waals surface area contributed by atoms with Crippen molar-refractivity contribution in [3.05, 3.63) is 29.8 Å². The molecule has 122 valence electrons. The Bertz CT molecular complexity index is 398. The molecule has 21 heavy (non-hydrogen) atoms. The van der Waals surface area contributed by atoms with Gasteiger partial charge in [-0.25, -0.2) is 0 Å². The van der Waals surface area contributed by atoms with Crippen LogP contribution in [0.3, 0.4) is 0 Å². The van der Waals surface area contributed by atoms with Crippen LogP contribution >= 0.6 is 24.8 Å². The number of anilines is 1. The van der Waals surface area contributed by atoms with Crippen LogP contribution in [-0.4, -0.2) is 19.0 Å². The maximum Gasteiger partial charge on any atom is 0.227 e. The molecule has 0 bridgehead atoms. The smallest absolute Gasteiger partial charge is 0.227 e. The van der Waals surface area contributed by atoms with Gasteiger partial charge in [0.2, 0.25) is 5.91 Å². The molecular weight excluding hydrogens is 309 g/mol. The lowest BCUT2D eigenvalue weighted by Crippen LogP contribution is -2.45. The summed E-state index contributed by atoms with van der Waals surface area (Å²) in [5.41, 5.74) is 12.9. The number of nitrogens with two attached hydrogens (primary N) is 2. The maximum atomic E-state index is 12.2. The number of amides is 1. The van der Waals surface area contributed by atoms with Crippen molar-refractivity contribution in [1.29, 1.82) is 0 Å². The molecule has 0 saturated carbocycles. The van der Waals surface area contributed by atoms with Gasteiger partial charge < -0.3 is 16.8 Å². The average molecular weight is 336 g/mol. The van der Waals surface area contributed by atoms with Crippen molar-refractivity contribution in [2.24, 2.45) is 11.1 Å². The summed E-state index contributed by atoms with van der Waals surface area (Å²) in [5.74, 6) is 0.0652. The molecule has 1 aromatic carbocycles. The Balaban J connectivity index is 0. The fourth-order valence-corrected chi connectivity index (χ4v) is 2.14. The Kier molecular flexibility index (Phi) is 11.4. The van der Waals surface area contributed by atoms with Crippen LogP contribution in [0.15, 0.2) is 24.3 Å². The molecule has 1 aromatic rings. The van der Waals surface area contributed by atoms with E-state index in [0.29, 0.717) is 13.1 Å². The molecule has 0 atom stereocenters. The van der Waals surface area contributed by atoms with E-state index in [1.54, 1.807) is 0 Å². The first-order chi connectivity index (χ1) is 9.07. The summed E-state index contributed by atoms with van der Waals surface area (Å²) in [5, 5.41) is 2.99. The molecule has 0 aliphatic rings. The highest BCUT2D eigenvalue weighted by Crippen LogP contribution is 2.24. The molecule has 0 unspecified atom stereocenters. The fraction of sp³-hybridized carbons (Fsp3) is 0.533. The summed E-state index contributed by atoms with van der Waals surface area (Å²) in [6.45, 7) is 5.05. The molecule has 1 rings (SSSR count). The number of carbonyl (C=O) groups excluding carboxylic acids is 1. The van der Waals surface area contributed by atoms with Crippen LogP contribution in [0.25, 0.3) is 0 Å². The molecule has 0 aromatic heterocycles. The lowest BCUT2D eigenvalue weighted by atomic mass is 9.81. The van der Waals surface area contributed by atoms with E-state index in [9.17, 15) is 4.79 Å². The van der Waals surface area contributed by atoms with Gasteiger partial charge in [0.25, 0.3) is 0 Å². The molecule has 0 fully saturated rings. The van der Waals surface area contributed by atoms with Crippen molar-refractivity contribution < 1.29 is 4.79 Å². The molecule has 4 nitrogen and oxygen atoms in total. The van der Waals surface area contributed by atoms with Crippen LogP contribution in [0, 0.1) is 5.41 Å². The summed E-state index contributed by atoms with van der Waals surface area (Å²) < 4.78 is 0. The Labute approximate surface area is 139 Å². The van der Waals surface area contributed by atoms with Gasteiger partial charge in [-0.1, -0.05) is 26.0 Å². The van der Waals surface area contributed by atoms with Crippen molar-refractivity contribution in [2.75, 3.05) is 18.8 Å². The Morgan fingerprint density at radius 3 is 2.10 bits per heavy atom. The molecule has 1 amide bonds. The monoisotopic (exact) mass is 335 g/mol. The standard InChI is InChI=1S/C15H25N3O.2ClH/c1-3-15(4-2,11-16)14(19)18-10-9-12-5-7-13(17)8-6-12;;/h5-8H,3-4,9-11,16-17H2,1-2H3,(H,18,19);2*1H. The van der Waals surface area contributed by atoms with E-state index in [2.05, 4.69) is 5.32 Å². The molecule has 6 heteroatoms. The van der Waals surface area contributed by atoms with Crippen molar-refractivity contribution in [2.45, 2.75) is 33.1 Å². The molecular formula is C15H27Cl2N3O. The summed E-state index contributed by atoms with van der Waals surface area (Å²) >= 11 is 0. The quantitative estimate of drug-likeness (QED) is 0.669. The second-order valence-electron chi connectivity index (χ2n) is 4.94. The van der Waals surface area contributed by atoms with Crippen LogP contribution in [0.4, 0.5) is 5.69 Å². The minimum absolute atomic E-state index is 0. The predicted molar refractivity (Wildman–Crippen MR) is 94.1 cm³/mol. The van der Waals surface area contributed by atoms with E-state index in [1.165, 1.54) is 5.56 Å². The number of hydrogen-bond acceptors (Lipinski definition) is 3.